The Bertz CT molecular complexity index is 1070. The van der Waals surface area contributed by atoms with Crippen molar-refractivity contribution < 1.29 is 5.11 Å². The van der Waals surface area contributed by atoms with E-state index < -0.39 is 5.60 Å². The molecule has 136 valence electrons. The van der Waals surface area contributed by atoms with E-state index in [1.807, 2.05) is 18.2 Å². The third-order valence-corrected chi connectivity index (χ3v) is 5.86. The first kappa shape index (κ1) is 17.8. The average Bonchev–Trinajstić information content (AvgIpc) is 3.26. The first-order chi connectivity index (χ1) is 12.9. The van der Waals surface area contributed by atoms with Gasteiger partial charge in [0.1, 0.15) is 5.82 Å². The SMILES string of the molecule is CC(O)(C#Cc1ccc2c(c1)N(c1ccnc(N)n1)CC2)c1ccc(Cl)s1. The maximum absolute atomic E-state index is 10.7. The van der Waals surface area contributed by atoms with Gasteiger partial charge in [-0.25, -0.2) is 4.98 Å². The Morgan fingerprint density at radius 3 is 2.89 bits per heavy atom. The highest BCUT2D eigenvalue weighted by Crippen LogP contribution is 2.34. The molecular weight excluding hydrogens is 380 g/mol. The lowest BCUT2D eigenvalue weighted by Crippen LogP contribution is -2.16. The van der Waals surface area contributed by atoms with Gasteiger partial charge in [0, 0.05) is 28.9 Å². The van der Waals surface area contributed by atoms with Crippen molar-refractivity contribution in [2.24, 2.45) is 0 Å². The zero-order chi connectivity index (χ0) is 19.0. The molecule has 0 bridgehead atoms. The summed E-state index contributed by atoms with van der Waals surface area (Å²) in [6, 6.07) is 11.5. The van der Waals surface area contributed by atoms with E-state index in [0.717, 1.165) is 34.9 Å². The molecule has 0 radical (unpaired) electrons. The Labute approximate surface area is 166 Å². The lowest BCUT2D eigenvalue weighted by atomic mass is 10.0. The first-order valence-corrected chi connectivity index (χ1v) is 9.62. The molecule has 4 rings (SSSR count). The lowest BCUT2D eigenvalue weighted by molar-refractivity contribution is 0.126. The van der Waals surface area contributed by atoms with Crippen LogP contribution in [-0.2, 0) is 12.0 Å². The number of anilines is 3. The lowest BCUT2D eigenvalue weighted by Gasteiger charge is -2.18. The van der Waals surface area contributed by atoms with E-state index in [1.165, 1.54) is 16.9 Å². The summed E-state index contributed by atoms with van der Waals surface area (Å²) in [7, 11) is 0. The highest BCUT2D eigenvalue weighted by Gasteiger charge is 2.23. The number of hydrogen-bond donors (Lipinski definition) is 2. The summed E-state index contributed by atoms with van der Waals surface area (Å²) in [5.74, 6) is 7.06. The second kappa shape index (κ2) is 6.86. The molecule has 0 saturated heterocycles. The molecule has 0 spiro atoms. The fourth-order valence-electron chi connectivity index (χ4n) is 3.04. The van der Waals surface area contributed by atoms with Crippen molar-refractivity contribution in [1.82, 2.24) is 9.97 Å². The molecule has 1 unspecified atom stereocenters. The van der Waals surface area contributed by atoms with Crippen molar-refractivity contribution in [2.45, 2.75) is 18.9 Å². The number of nitrogens with two attached hydrogens (primary N) is 1. The molecule has 0 saturated carbocycles. The van der Waals surface area contributed by atoms with E-state index in [9.17, 15) is 5.11 Å². The van der Waals surface area contributed by atoms with Gasteiger partial charge in [0.15, 0.2) is 5.60 Å². The number of fused-ring (bicyclic) bond motifs is 1. The second-order valence-corrected chi connectivity index (χ2v) is 8.16. The van der Waals surface area contributed by atoms with Crippen LogP contribution in [0, 0.1) is 11.8 Å². The Balaban J connectivity index is 1.65. The molecule has 1 aromatic carbocycles. The Hall–Kier alpha value is -2.59. The summed E-state index contributed by atoms with van der Waals surface area (Å²) in [6.07, 6.45) is 2.58. The zero-order valence-electron chi connectivity index (χ0n) is 14.6. The van der Waals surface area contributed by atoms with Crippen LogP contribution in [-0.4, -0.2) is 21.6 Å². The molecule has 0 amide bonds. The summed E-state index contributed by atoms with van der Waals surface area (Å²) in [5, 5.41) is 10.7. The van der Waals surface area contributed by atoms with Crippen LogP contribution in [0.25, 0.3) is 0 Å². The van der Waals surface area contributed by atoms with E-state index in [2.05, 4.69) is 32.8 Å². The van der Waals surface area contributed by atoms with Crippen molar-refractivity contribution in [3.05, 3.63) is 62.9 Å². The molecule has 5 nitrogen and oxygen atoms in total. The molecule has 3 N–H and O–H groups in total. The molecular formula is C20H17ClN4OS. The Kier molecular flexibility index (Phi) is 4.52. The smallest absolute Gasteiger partial charge is 0.221 e. The molecule has 0 fully saturated rings. The summed E-state index contributed by atoms with van der Waals surface area (Å²) >= 11 is 7.29. The van der Waals surface area contributed by atoms with Gasteiger partial charge in [0.2, 0.25) is 5.95 Å². The largest absolute Gasteiger partial charge is 0.373 e. The highest BCUT2D eigenvalue weighted by atomic mass is 35.5. The molecule has 1 aliphatic rings. The third kappa shape index (κ3) is 3.62. The summed E-state index contributed by atoms with van der Waals surface area (Å²) in [6.45, 7) is 2.50. The monoisotopic (exact) mass is 396 g/mol. The first-order valence-electron chi connectivity index (χ1n) is 8.43. The minimum absolute atomic E-state index is 0.252. The summed E-state index contributed by atoms with van der Waals surface area (Å²) in [4.78, 5) is 11.1. The number of halogens is 1. The maximum Gasteiger partial charge on any atom is 0.221 e. The number of nitrogens with zero attached hydrogens (tertiary/aromatic N) is 3. The Morgan fingerprint density at radius 2 is 2.15 bits per heavy atom. The van der Waals surface area contributed by atoms with Gasteiger partial charge in [0.25, 0.3) is 0 Å². The molecule has 2 aromatic heterocycles. The van der Waals surface area contributed by atoms with E-state index >= 15 is 0 Å². The quantitative estimate of drug-likeness (QED) is 0.645. The molecule has 3 aromatic rings. The van der Waals surface area contributed by atoms with Crippen LogP contribution in [0.1, 0.15) is 22.9 Å². The van der Waals surface area contributed by atoms with E-state index in [4.69, 9.17) is 17.3 Å². The van der Waals surface area contributed by atoms with Crippen LogP contribution in [0.15, 0.2) is 42.6 Å². The van der Waals surface area contributed by atoms with Gasteiger partial charge in [-0.3, -0.25) is 0 Å². The molecule has 1 aliphatic heterocycles. The standard InChI is InChI=1S/C20H17ClN4OS/c1-20(26,16-4-5-17(21)27-16)9-6-13-2-3-14-8-11-25(15(14)12-13)18-7-10-23-19(22)24-18/h2-5,7,10,12,26H,8,11H2,1H3,(H2,22,23,24). The van der Waals surface area contributed by atoms with Crippen LogP contribution in [0.5, 0.6) is 0 Å². The number of rotatable bonds is 2. The predicted octanol–water partition coefficient (Wildman–Crippen LogP) is 3.73. The molecule has 3 heterocycles. The van der Waals surface area contributed by atoms with Crippen LogP contribution in [0.2, 0.25) is 4.34 Å². The van der Waals surface area contributed by atoms with Gasteiger partial charge < -0.3 is 15.7 Å². The number of thiophene rings is 1. The van der Waals surface area contributed by atoms with E-state index in [1.54, 1.807) is 25.3 Å². The molecule has 1 atom stereocenters. The van der Waals surface area contributed by atoms with Crippen molar-refractivity contribution in [2.75, 3.05) is 17.2 Å². The van der Waals surface area contributed by atoms with Crippen LogP contribution < -0.4 is 10.6 Å². The van der Waals surface area contributed by atoms with Gasteiger partial charge in [-0.1, -0.05) is 29.5 Å². The molecule has 7 heteroatoms. The summed E-state index contributed by atoms with van der Waals surface area (Å²) in [5.41, 5.74) is 7.58. The normalized spacial score (nSPS) is 15.0. The number of benzene rings is 1. The topological polar surface area (TPSA) is 75.3 Å². The minimum atomic E-state index is -1.25. The van der Waals surface area contributed by atoms with E-state index in [-0.39, 0.29) is 5.95 Å². The van der Waals surface area contributed by atoms with Gasteiger partial charge in [-0.2, -0.15) is 4.98 Å². The third-order valence-electron chi connectivity index (χ3n) is 4.42. The fourth-order valence-corrected chi connectivity index (χ4v) is 4.08. The Morgan fingerprint density at radius 1 is 1.30 bits per heavy atom. The van der Waals surface area contributed by atoms with Crippen molar-refractivity contribution >= 4 is 40.4 Å². The van der Waals surface area contributed by atoms with Crippen LogP contribution in [0.4, 0.5) is 17.5 Å². The number of hydrogen-bond acceptors (Lipinski definition) is 6. The zero-order valence-corrected chi connectivity index (χ0v) is 16.2. The van der Waals surface area contributed by atoms with E-state index in [0.29, 0.717) is 4.34 Å². The van der Waals surface area contributed by atoms with Crippen molar-refractivity contribution in [3.8, 4) is 11.8 Å². The van der Waals surface area contributed by atoms with Gasteiger partial charge in [-0.15, -0.1) is 11.3 Å². The van der Waals surface area contributed by atoms with Gasteiger partial charge in [-0.05, 0) is 49.2 Å². The van der Waals surface area contributed by atoms with Crippen LogP contribution in [0.3, 0.4) is 0 Å². The highest BCUT2D eigenvalue weighted by molar-refractivity contribution is 7.16. The van der Waals surface area contributed by atoms with Crippen molar-refractivity contribution in [1.29, 1.82) is 0 Å². The number of nitrogen functional groups attached to an aromatic ring is 1. The van der Waals surface area contributed by atoms with Crippen molar-refractivity contribution in [3.63, 3.8) is 0 Å². The average molecular weight is 397 g/mol. The maximum atomic E-state index is 10.7. The second-order valence-electron chi connectivity index (χ2n) is 6.44. The molecule has 0 aliphatic carbocycles. The van der Waals surface area contributed by atoms with Gasteiger partial charge in [0.05, 0.1) is 4.34 Å². The van der Waals surface area contributed by atoms with Crippen LogP contribution >= 0.6 is 22.9 Å². The number of aliphatic hydroxyl groups is 1. The fraction of sp³-hybridized carbons (Fsp3) is 0.200. The molecule has 27 heavy (non-hydrogen) atoms. The minimum Gasteiger partial charge on any atom is -0.373 e. The van der Waals surface area contributed by atoms with Gasteiger partial charge >= 0.3 is 0 Å². The predicted molar refractivity (Wildman–Crippen MR) is 109 cm³/mol. The number of aromatic nitrogens is 2. The summed E-state index contributed by atoms with van der Waals surface area (Å²) < 4.78 is 0.629.